The average Bonchev–Trinajstić information content (AvgIpc) is 3.56. The van der Waals surface area contributed by atoms with E-state index in [4.69, 9.17) is 18.5 Å². The molecule has 0 amide bonds. The molecule has 0 aliphatic rings. The summed E-state index contributed by atoms with van der Waals surface area (Å²) in [5.41, 5.74) is 0. The lowest BCUT2D eigenvalue weighted by Gasteiger charge is -2.28. The molecule has 0 fully saturated rings. The number of esters is 2. The molecule has 0 aromatic rings. The number of phosphoric ester groups is 1. The molecular weight excluding hydrogens is 1090 g/mol. The van der Waals surface area contributed by atoms with E-state index >= 15 is 0 Å². The monoisotopic (exact) mass is 1210 g/mol. The Balaban J connectivity index is 4.16. The third-order valence-corrected chi connectivity index (χ3v) is 15.3. The normalized spacial score (nSPS) is 14.1. The van der Waals surface area contributed by atoms with E-state index in [1.165, 1.54) is 109 Å². The van der Waals surface area contributed by atoms with Gasteiger partial charge in [-0.05, 0) is 122 Å². The van der Waals surface area contributed by atoms with Gasteiger partial charge in [0.25, 0.3) is 7.82 Å². The second kappa shape index (κ2) is 65.3. The highest BCUT2D eigenvalue weighted by molar-refractivity contribution is 7.45. The smallest absolute Gasteiger partial charge is 0.306 e. The minimum absolute atomic E-state index is 0.0408. The predicted octanol–water partition coefficient (Wildman–Crippen LogP) is 22.0. The van der Waals surface area contributed by atoms with Gasteiger partial charge in [-0.3, -0.25) is 14.2 Å². The van der Waals surface area contributed by atoms with Crippen molar-refractivity contribution >= 4 is 19.8 Å². The highest BCUT2D eigenvalue weighted by Gasteiger charge is 2.22. The van der Waals surface area contributed by atoms with Gasteiger partial charge in [0, 0.05) is 12.8 Å². The van der Waals surface area contributed by atoms with Gasteiger partial charge in [0.15, 0.2) is 6.10 Å². The van der Waals surface area contributed by atoms with E-state index < -0.39 is 32.5 Å². The Labute approximate surface area is 529 Å². The quantitative estimate of drug-likeness (QED) is 0.0195. The van der Waals surface area contributed by atoms with Crippen molar-refractivity contribution in [3.8, 4) is 0 Å². The van der Waals surface area contributed by atoms with Crippen LogP contribution in [-0.2, 0) is 32.7 Å². The van der Waals surface area contributed by atoms with Crippen molar-refractivity contribution in [2.45, 2.75) is 277 Å². The standard InChI is InChI=1S/C76H128NO8P/c1-6-8-10-12-14-16-18-20-22-24-26-28-30-32-34-35-36-37-38-39-40-41-43-45-47-49-51-53-55-57-59-61-63-65-67-69-76(79)85-74(73-84-86(80,81)83-71-70-77(3,4)5)72-82-75(78)68-66-64-62-60-58-56-54-52-50-48-46-44-42-33-31-29-27-25-23-21-19-17-15-13-11-9-7-2/h8,10,14,16,19-22,25-28,31-34,36-37,39-40,43,45,49,51,74H,6-7,9,11-13,15,17-18,23-24,29-30,35,38,41-42,44,46-48,50,52-73H2,1-5H3/b10-8-,16-14-,21-19-,22-20-,27-25-,28-26-,33-31-,34-32-,37-36-,40-39-,45-43-,51-49-. The number of allylic oxidation sites excluding steroid dienone is 24. The summed E-state index contributed by atoms with van der Waals surface area (Å²) in [6.07, 6.45) is 96.2. The Hall–Kier alpha value is -4.11. The molecule has 0 aliphatic carbocycles. The van der Waals surface area contributed by atoms with Crippen LogP contribution in [0, 0.1) is 0 Å². The summed E-state index contributed by atoms with van der Waals surface area (Å²) in [6.45, 7) is 4.10. The first-order valence-corrected chi connectivity index (χ1v) is 36.0. The van der Waals surface area contributed by atoms with Crippen LogP contribution in [0.15, 0.2) is 146 Å². The van der Waals surface area contributed by atoms with E-state index in [-0.39, 0.29) is 26.1 Å². The van der Waals surface area contributed by atoms with Crippen molar-refractivity contribution in [2.75, 3.05) is 47.5 Å². The van der Waals surface area contributed by atoms with Gasteiger partial charge in [0.05, 0.1) is 27.7 Å². The summed E-state index contributed by atoms with van der Waals surface area (Å²) in [7, 11) is 1.14. The molecule has 0 radical (unpaired) electrons. The third kappa shape index (κ3) is 69.0. The molecular formula is C76H128NO8P. The van der Waals surface area contributed by atoms with Crippen LogP contribution >= 0.6 is 7.82 Å². The van der Waals surface area contributed by atoms with Gasteiger partial charge in [0.2, 0.25) is 0 Å². The molecule has 2 unspecified atom stereocenters. The van der Waals surface area contributed by atoms with Crippen LogP contribution < -0.4 is 4.89 Å². The van der Waals surface area contributed by atoms with Crippen LogP contribution in [0.5, 0.6) is 0 Å². The number of quaternary nitrogens is 1. The molecule has 0 saturated heterocycles. The number of unbranched alkanes of at least 4 members (excludes halogenated alkanes) is 24. The second-order valence-electron chi connectivity index (χ2n) is 23.8. The third-order valence-electron chi connectivity index (χ3n) is 14.3. The summed E-state index contributed by atoms with van der Waals surface area (Å²) in [5.74, 6) is -0.853. The average molecular weight is 1210 g/mol. The Morgan fingerprint density at radius 1 is 0.372 bits per heavy atom. The van der Waals surface area contributed by atoms with Crippen molar-refractivity contribution in [2.24, 2.45) is 0 Å². The highest BCUT2D eigenvalue weighted by Crippen LogP contribution is 2.38. The summed E-state index contributed by atoms with van der Waals surface area (Å²) < 4.78 is 34.3. The Kier molecular flexibility index (Phi) is 62.2. The lowest BCUT2D eigenvalue weighted by Crippen LogP contribution is -2.37. The number of ether oxygens (including phenoxy) is 2. The van der Waals surface area contributed by atoms with E-state index in [0.717, 1.165) is 128 Å². The molecule has 2 atom stereocenters. The number of nitrogens with zero attached hydrogens (tertiary/aromatic N) is 1. The lowest BCUT2D eigenvalue weighted by molar-refractivity contribution is -0.870. The van der Waals surface area contributed by atoms with Crippen molar-refractivity contribution in [3.63, 3.8) is 0 Å². The van der Waals surface area contributed by atoms with Gasteiger partial charge in [-0.2, -0.15) is 0 Å². The second-order valence-corrected chi connectivity index (χ2v) is 25.2. The van der Waals surface area contributed by atoms with E-state index in [9.17, 15) is 19.0 Å². The van der Waals surface area contributed by atoms with Crippen LogP contribution in [0.25, 0.3) is 0 Å². The van der Waals surface area contributed by atoms with E-state index in [2.05, 4.69) is 160 Å². The molecule has 0 aromatic carbocycles. The molecule has 9 nitrogen and oxygen atoms in total. The largest absolute Gasteiger partial charge is 0.756 e. The van der Waals surface area contributed by atoms with Crippen molar-refractivity contribution in [1.82, 2.24) is 0 Å². The van der Waals surface area contributed by atoms with Gasteiger partial charge >= 0.3 is 11.9 Å². The molecule has 490 valence electrons. The Morgan fingerprint density at radius 2 is 0.663 bits per heavy atom. The molecule has 0 aromatic heterocycles. The lowest BCUT2D eigenvalue weighted by atomic mass is 10.0. The number of hydrogen-bond donors (Lipinski definition) is 0. The number of likely N-dealkylation sites (N-methyl/N-ethyl adjacent to an activating group) is 1. The first-order valence-electron chi connectivity index (χ1n) is 34.5. The van der Waals surface area contributed by atoms with Gasteiger partial charge in [-0.1, -0.05) is 282 Å². The van der Waals surface area contributed by atoms with Gasteiger partial charge in [-0.15, -0.1) is 0 Å². The Morgan fingerprint density at radius 3 is 0.988 bits per heavy atom. The minimum Gasteiger partial charge on any atom is -0.756 e. The summed E-state index contributed by atoms with van der Waals surface area (Å²) >= 11 is 0. The van der Waals surface area contributed by atoms with Gasteiger partial charge in [-0.25, -0.2) is 0 Å². The molecule has 0 bridgehead atoms. The molecule has 0 N–H and O–H groups in total. The number of hydrogen-bond acceptors (Lipinski definition) is 8. The molecule has 0 aliphatic heterocycles. The van der Waals surface area contributed by atoms with Crippen molar-refractivity contribution in [1.29, 1.82) is 0 Å². The van der Waals surface area contributed by atoms with Gasteiger partial charge in [0.1, 0.15) is 19.8 Å². The SMILES string of the molecule is CC/C=C\C/C=C\C/C=C\C/C=C\C/C=C\C/C=C\C/C=C\C/C=C\C/C=C\CCCCCCCCCC(=O)OC(COC(=O)CCCCCCCCCCCCCC/C=C\C/C=C\C/C=C\CCCCCCC)COP(=O)([O-])OCC[N+](C)(C)C. The first kappa shape index (κ1) is 81.9. The van der Waals surface area contributed by atoms with Crippen LogP contribution in [0.1, 0.15) is 271 Å². The maximum absolute atomic E-state index is 12.9. The van der Waals surface area contributed by atoms with Crippen LogP contribution in [-0.4, -0.2) is 70.0 Å². The zero-order chi connectivity index (χ0) is 62.6. The highest BCUT2D eigenvalue weighted by atomic mass is 31.2. The fourth-order valence-electron chi connectivity index (χ4n) is 9.07. The molecule has 0 rings (SSSR count). The number of carbonyl (C=O) groups excluding carboxylic acids is 2. The fourth-order valence-corrected chi connectivity index (χ4v) is 9.80. The van der Waals surface area contributed by atoms with E-state index in [1.807, 2.05) is 21.1 Å². The number of rotatable bonds is 62. The molecule has 10 heteroatoms. The topological polar surface area (TPSA) is 111 Å². The maximum atomic E-state index is 12.9. The zero-order valence-corrected chi connectivity index (χ0v) is 56.6. The number of phosphoric acid groups is 1. The molecule has 86 heavy (non-hydrogen) atoms. The van der Waals surface area contributed by atoms with Crippen molar-refractivity contribution < 1.29 is 42.1 Å². The summed E-state index contributed by atoms with van der Waals surface area (Å²) in [4.78, 5) is 38.1. The van der Waals surface area contributed by atoms with E-state index in [0.29, 0.717) is 17.4 Å². The van der Waals surface area contributed by atoms with Crippen LogP contribution in [0.3, 0.4) is 0 Å². The molecule has 0 heterocycles. The maximum Gasteiger partial charge on any atom is 0.306 e. The van der Waals surface area contributed by atoms with Gasteiger partial charge < -0.3 is 27.9 Å². The predicted molar refractivity (Wildman–Crippen MR) is 369 cm³/mol. The van der Waals surface area contributed by atoms with Crippen molar-refractivity contribution in [3.05, 3.63) is 146 Å². The summed E-state index contributed by atoms with van der Waals surface area (Å²) in [5, 5.41) is 0. The van der Waals surface area contributed by atoms with E-state index in [1.54, 1.807) is 0 Å². The van der Waals surface area contributed by atoms with Crippen LogP contribution in [0.4, 0.5) is 0 Å². The molecule has 0 saturated carbocycles. The molecule has 0 spiro atoms. The fraction of sp³-hybridized carbons (Fsp3) is 0.658. The number of carbonyl (C=O) groups is 2. The minimum atomic E-state index is -4.66. The first-order chi connectivity index (χ1) is 42.0. The summed E-state index contributed by atoms with van der Waals surface area (Å²) in [6, 6.07) is 0. The zero-order valence-electron chi connectivity index (χ0n) is 55.7. The Bertz CT molecular complexity index is 1960. The van der Waals surface area contributed by atoms with Crippen LogP contribution in [0.2, 0.25) is 0 Å².